The van der Waals surface area contributed by atoms with Crippen molar-refractivity contribution in [1.82, 2.24) is 0 Å². The number of benzene rings is 2. The lowest BCUT2D eigenvalue weighted by molar-refractivity contribution is 0.0698. The average Bonchev–Trinajstić information content (AvgIpc) is 2.43. The average molecular weight is 418 g/mol. The van der Waals surface area contributed by atoms with E-state index < -0.39 is 11.9 Å². The molecule has 0 radical (unpaired) electrons. The Hall–Kier alpha value is -1.80. The normalized spacial score (nSPS) is 10.2. The van der Waals surface area contributed by atoms with Crippen LogP contribution in [0.15, 0.2) is 36.4 Å². The lowest BCUT2D eigenvalue weighted by Gasteiger charge is -2.09. The van der Waals surface area contributed by atoms with Crippen LogP contribution in [-0.2, 0) is 0 Å². The van der Waals surface area contributed by atoms with E-state index >= 15 is 0 Å². The van der Waals surface area contributed by atoms with Gasteiger partial charge in [-0.1, -0.05) is 11.6 Å². The van der Waals surface area contributed by atoms with Gasteiger partial charge in [0.2, 0.25) is 0 Å². The number of phenols is 1. The Morgan fingerprint density at radius 2 is 1.86 bits per heavy atom. The minimum Gasteiger partial charge on any atom is -0.507 e. The first-order valence-electron chi connectivity index (χ1n) is 5.71. The second-order valence-electron chi connectivity index (χ2n) is 4.12. The summed E-state index contributed by atoms with van der Waals surface area (Å²) in [5.74, 6) is -1.73. The molecule has 2 aromatic carbocycles. The van der Waals surface area contributed by atoms with Crippen LogP contribution in [-0.4, -0.2) is 22.1 Å². The smallest absolute Gasteiger partial charge is 0.337 e. The summed E-state index contributed by atoms with van der Waals surface area (Å²) in [5.41, 5.74) is 0.250. The molecule has 7 heteroatoms. The maximum atomic E-state index is 12.1. The van der Waals surface area contributed by atoms with Crippen molar-refractivity contribution in [3.05, 3.63) is 56.1 Å². The molecule has 0 aliphatic heterocycles. The second-order valence-corrected chi connectivity index (χ2v) is 5.71. The molecule has 3 N–H and O–H groups in total. The predicted octanol–water partition coefficient (Wildman–Crippen LogP) is 3.60. The van der Waals surface area contributed by atoms with E-state index in [0.717, 1.165) is 0 Å². The number of amides is 1. The first kappa shape index (κ1) is 15.6. The van der Waals surface area contributed by atoms with Crippen molar-refractivity contribution < 1.29 is 19.8 Å². The number of aromatic carboxylic acids is 1. The molecule has 108 valence electrons. The molecule has 0 spiro atoms. The van der Waals surface area contributed by atoms with E-state index in [1.165, 1.54) is 30.3 Å². The fraction of sp³-hybridized carbons (Fsp3) is 0. The quantitative estimate of drug-likeness (QED) is 0.666. The van der Waals surface area contributed by atoms with E-state index in [0.29, 0.717) is 3.57 Å². The molecule has 0 saturated carbocycles. The van der Waals surface area contributed by atoms with Crippen LogP contribution < -0.4 is 5.32 Å². The number of anilines is 1. The Bertz CT molecular complexity index is 733. The van der Waals surface area contributed by atoms with Gasteiger partial charge in [-0.3, -0.25) is 4.79 Å². The van der Waals surface area contributed by atoms with Gasteiger partial charge in [-0.15, -0.1) is 0 Å². The van der Waals surface area contributed by atoms with Crippen LogP contribution in [0.2, 0.25) is 5.02 Å². The monoisotopic (exact) mass is 417 g/mol. The highest BCUT2D eigenvalue weighted by Crippen LogP contribution is 2.23. The fourth-order valence-electron chi connectivity index (χ4n) is 1.65. The van der Waals surface area contributed by atoms with Gasteiger partial charge in [-0.2, -0.15) is 0 Å². The lowest BCUT2D eigenvalue weighted by atomic mass is 10.1. The van der Waals surface area contributed by atoms with E-state index in [4.69, 9.17) is 16.7 Å². The second kappa shape index (κ2) is 6.31. The van der Waals surface area contributed by atoms with Gasteiger partial charge in [-0.05, 0) is 59.0 Å². The molecule has 2 aromatic rings. The van der Waals surface area contributed by atoms with Crippen molar-refractivity contribution in [3.63, 3.8) is 0 Å². The molecule has 21 heavy (non-hydrogen) atoms. The molecule has 1 amide bonds. The molecule has 0 atom stereocenters. The number of carbonyl (C=O) groups is 2. The number of carboxylic acid groups (broad SMARTS) is 1. The largest absolute Gasteiger partial charge is 0.507 e. The highest BCUT2D eigenvalue weighted by atomic mass is 127. The summed E-state index contributed by atoms with van der Waals surface area (Å²) in [4.78, 5) is 23.2. The van der Waals surface area contributed by atoms with Gasteiger partial charge in [-0.25, -0.2) is 4.79 Å². The Morgan fingerprint density at radius 1 is 1.14 bits per heavy atom. The zero-order valence-corrected chi connectivity index (χ0v) is 13.3. The summed E-state index contributed by atoms with van der Waals surface area (Å²) < 4.78 is 0.613. The van der Waals surface area contributed by atoms with Crippen LogP contribution in [0.4, 0.5) is 5.69 Å². The van der Waals surface area contributed by atoms with Crippen LogP contribution >= 0.6 is 34.2 Å². The minimum atomic E-state index is -1.20. The topological polar surface area (TPSA) is 86.6 Å². The maximum absolute atomic E-state index is 12.1. The van der Waals surface area contributed by atoms with Crippen LogP contribution in [0, 0.1) is 3.57 Å². The SMILES string of the molecule is O=C(Nc1ccc(Cl)cc1C(=O)O)c1ccc(I)c(O)c1. The third kappa shape index (κ3) is 3.64. The summed E-state index contributed by atoms with van der Waals surface area (Å²) in [6, 6.07) is 8.58. The first-order valence-corrected chi connectivity index (χ1v) is 7.17. The van der Waals surface area contributed by atoms with Gasteiger partial charge in [0.1, 0.15) is 5.75 Å². The fourth-order valence-corrected chi connectivity index (χ4v) is 2.16. The number of halogens is 2. The van der Waals surface area contributed by atoms with Crippen molar-refractivity contribution in [1.29, 1.82) is 0 Å². The first-order chi connectivity index (χ1) is 9.88. The summed E-state index contributed by atoms with van der Waals surface area (Å²) in [5, 5.41) is 21.4. The van der Waals surface area contributed by atoms with Crippen molar-refractivity contribution in [2.24, 2.45) is 0 Å². The molecular weight excluding hydrogens is 409 g/mol. The van der Waals surface area contributed by atoms with Crippen LogP contribution in [0.1, 0.15) is 20.7 Å². The highest BCUT2D eigenvalue weighted by Gasteiger charge is 2.15. The number of nitrogens with one attached hydrogen (secondary N) is 1. The van der Waals surface area contributed by atoms with Crippen molar-refractivity contribution in [3.8, 4) is 5.75 Å². The van der Waals surface area contributed by atoms with E-state index in [1.54, 1.807) is 6.07 Å². The number of phenolic OH excluding ortho intramolecular Hbond substituents is 1. The molecule has 0 aromatic heterocycles. The number of hydrogen-bond acceptors (Lipinski definition) is 3. The lowest BCUT2D eigenvalue weighted by Crippen LogP contribution is -2.14. The zero-order chi connectivity index (χ0) is 15.6. The Balaban J connectivity index is 2.31. The third-order valence-corrected chi connectivity index (χ3v) is 3.82. The van der Waals surface area contributed by atoms with Gasteiger partial charge in [0, 0.05) is 10.6 Å². The van der Waals surface area contributed by atoms with Crippen LogP contribution in [0.5, 0.6) is 5.75 Å². The van der Waals surface area contributed by atoms with Crippen molar-refractivity contribution >= 4 is 51.8 Å². The molecule has 2 rings (SSSR count). The third-order valence-electron chi connectivity index (χ3n) is 2.67. The van der Waals surface area contributed by atoms with Gasteiger partial charge < -0.3 is 15.5 Å². The molecule has 0 bridgehead atoms. The number of carboxylic acids is 1. The molecular formula is C14H9ClINO4. The van der Waals surface area contributed by atoms with E-state index in [9.17, 15) is 14.7 Å². The Labute approximate surface area is 138 Å². The van der Waals surface area contributed by atoms with Gasteiger partial charge in [0.25, 0.3) is 5.91 Å². The standard InChI is InChI=1S/C14H9ClINO4/c15-8-2-4-11(9(6-8)14(20)21)17-13(19)7-1-3-10(16)12(18)5-7/h1-6,18H,(H,17,19)(H,20,21). The number of aromatic hydroxyl groups is 1. The molecule has 0 heterocycles. The number of carbonyl (C=O) groups excluding carboxylic acids is 1. The van der Waals surface area contributed by atoms with Crippen LogP contribution in [0.25, 0.3) is 0 Å². The molecule has 0 unspecified atom stereocenters. The predicted molar refractivity (Wildman–Crippen MR) is 87.2 cm³/mol. The van der Waals surface area contributed by atoms with Gasteiger partial charge >= 0.3 is 5.97 Å². The molecule has 0 aliphatic carbocycles. The van der Waals surface area contributed by atoms with Gasteiger partial charge in [0.05, 0.1) is 14.8 Å². The number of hydrogen-bond donors (Lipinski definition) is 3. The Morgan fingerprint density at radius 3 is 2.48 bits per heavy atom. The van der Waals surface area contributed by atoms with Crippen molar-refractivity contribution in [2.45, 2.75) is 0 Å². The molecule has 0 aliphatic rings. The summed E-state index contributed by atoms with van der Waals surface area (Å²) in [6.45, 7) is 0. The molecule has 0 saturated heterocycles. The van der Waals surface area contributed by atoms with E-state index in [-0.39, 0.29) is 27.6 Å². The number of rotatable bonds is 3. The van der Waals surface area contributed by atoms with E-state index in [2.05, 4.69) is 5.32 Å². The minimum absolute atomic E-state index is 0.0159. The zero-order valence-electron chi connectivity index (χ0n) is 10.4. The highest BCUT2D eigenvalue weighted by molar-refractivity contribution is 14.1. The summed E-state index contributed by atoms with van der Waals surface area (Å²) in [6.07, 6.45) is 0. The van der Waals surface area contributed by atoms with Crippen LogP contribution in [0.3, 0.4) is 0 Å². The van der Waals surface area contributed by atoms with Crippen molar-refractivity contribution in [2.75, 3.05) is 5.32 Å². The summed E-state index contributed by atoms with van der Waals surface area (Å²) in [7, 11) is 0. The van der Waals surface area contributed by atoms with E-state index in [1.807, 2.05) is 22.6 Å². The maximum Gasteiger partial charge on any atom is 0.337 e. The van der Waals surface area contributed by atoms with Gasteiger partial charge in [0.15, 0.2) is 0 Å². The molecule has 5 nitrogen and oxygen atoms in total. The Kier molecular flexibility index (Phi) is 4.69. The molecule has 0 fully saturated rings. The summed E-state index contributed by atoms with van der Waals surface area (Å²) >= 11 is 7.67.